The molecule has 0 amide bonds. The van der Waals surface area contributed by atoms with Crippen molar-refractivity contribution in [3.8, 4) is 0 Å². The summed E-state index contributed by atoms with van der Waals surface area (Å²) in [5.41, 5.74) is 0.903. The molecule has 38 valence electrons. The molecular formula is C6H8O. The predicted octanol–water partition coefficient (Wildman–Crippen LogP) is 1.39. The molecule has 0 aromatic heterocycles. The van der Waals surface area contributed by atoms with Gasteiger partial charge in [0.15, 0.2) is 0 Å². The van der Waals surface area contributed by atoms with Gasteiger partial charge >= 0.3 is 0 Å². The first-order chi connectivity index (χ1) is 3.30. The van der Waals surface area contributed by atoms with Gasteiger partial charge in [0.2, 0.25) is 0 Å². The van der Waals surface area contributed by atoms with E-state index in [-0.39, 0.29) is 0 Å². The van der Waals surface area contributed by atoms with Crippen molar-refractivity contribution in [2.75, 3.05) is 6.61 Å². The molecule has 0 aromatic rings. The SMILES string of the molecule is [CH]C1=C(C)OCC1. The topological polar surface area (TPSA) is 9.23 Å². The van der Waals surface area contributed by atoms with Crippen LogP contribution in [0, 0.1) is 6.92 Å². The highest BCUT2D eigenvalue weighted by atomic mass is 16.5. The number of hydrogen-bond acceptors (Lipinski definition) is 1. The van der Waals surface area contributed by atoms with Gasteiger partial charge in [-0.15, -0.1) is 0 Å². The molecule has 7 heavy (non-hydrogen) atoms. The van der Waals surface area contributed by atoms with Crippen molar-refractivity contribution >= 4 is 0 Å². The third kappa shape index (κ3) is 0.763. The number of allylic oxidation sites excluding steroid dienone is 1. The smallest absolute Gasteiger partial charge is 0.0925 e. The molecule has 0 atom stereocenters. The maximum Gasteiger partial charge on any atom is 0.0925 e. The van der Waals surface area contributed by atoms with Crippen LogP contribution in [-0.4, -0.2) is 6.61 Å². The maximum absolute atomic E-state index is 5.43. The van der Waals surface area contributed by atoms with Crippen molar-refractivity contribution in [3.05, 3.63) is 18.3 Å². The van der Waals surface area contributed by atoms with E-state index in [0.29, 0.717) is 0 Å². The summed E-state index contributed by atoms with van der Waals surface area (Å²) < 4.78 is 5.02. The molecule has 0 aliphatic carbocycles. The molecule has 0 saturated heterocycles. The van der Waals surface area contributed by atoms with Crippen molar-refractivity contribution in [3.63, 3.8) is 0 Å². The monoisotopic (exact) mass is 96.1 g/mol. The van der Waals surface area contributed by atoms with Crippen LogP contribution < -0.4 is 0 Å². The van der Waals surface area contributed by atoms with Crippen LogP contribution in [0.5, 0.6) is 0 Å². The molecule has 0 fully saturated rings. The summed E-state index contributed by atoms with van der Waals surface area (Å²) in [6.45, 7) is 8.10. The summed E-state index contributed by atoms with van der Waals surface area (Å²) in [6, 6.07) is 0. The van der Waals surface area contributed by atoms with E-state index in [1.807, 2.05) is 6.92 Å². The quantitative estimate of drug-likeness (QED) is 0.443. The Labute approximate surface area is 44.0 Å². The van der Waals surface area contributed by atoms with Gasteiger partial charge in [0, 0.05) is 6.42 Å². The molecule has 1 aliphatic rings. The zero-order valence-corrected chi connectivity index (χ0v) is 4.40. The van der Waals surface area contributed by atoms with Crippen molar-refractivity contribution in [1.82, 2.24) is 0 Å². The van der Waals surface area contributed by atoms with Gasteiger partial charge in [-0.2, -0.15) is 0 Å². The lowest BCUT2D eigenvalue weighted by Crippen LogP contribution is -1.76. The van der Waals surface area contributed by atoms with Gasteiger partial charge in [0.25, 0.3) is 0 Å². The zero-order valence-electron chi connectivity index (χ0n) is 4.40. The molecule has 0 saturated carbocycles. The Morgan fingerprint density at radius 3 is 2.57 bits per heavy atom. The minimum Gasteiger partial charge on any atom is -0.498 e. The van der Waals surface area contributed by atoms with E-state index in [2.05, 4.69) is 0 Å². The molecule has 0 aromatic carbocycles. The molecular weight excluding hydrogens is 88.1 g/mol. The Bertz CT molecular complexity index is 90.7. The predicted molar refractivity (Wildman–Crippen MR) is 27.6 cm³/mol. The fourth-order valence-corrected chi connectivity index (χ4v) is 0.583. The number of ether oxygens (including phenoxy) is 1. The molecule has 0 bridgehead atoms. The largest absolute Gasteiger partial charge is 0.498 e. The Kier molecular flexibility index (Phi) is 1.05. The van der Waals surface area contributed by atoms with Crippen molar-refractivity contribution in [2.45, 2.75) is 13.3 Å². The van der Waals surface area contributed by atoms with E-state index in [1.54, 1.807) is 0 Å². The van der Waals surface area contributed by atoms with Crippen LogP contribution in [0.15, 0.2) is 11.3 Å². The molecule has 2 radical (unpaired) electrons. The molecule has 1 aliphatic heterocycles. The average molecular weight is 96.1 g/mol. The van der Waals surface area contributed by atoms with Gasteiger partial charge in [0.05, 0.1) is 12.4 Å². The van der Waals surface area contributed by atoms with Gasteiger partial charge in [-0.3, -0.25) is 0 Å². The lowest BCUT2D eigenvalue weighted by Gasteiger charge is -1.91. The van der Waals surface area contributed by atoms with E-state index >= 15 is 0 Å². The summed E-state index contributed by atoms with van der Waals surface area (Å²) in [6.07, 6.45) is 0.909. The fourth-order valence-electron chi connectivity index (χ4n) is 0.583. The van der Waals surface area contributed by atoms with E-state index in [1.165, 1.54) is 0 Å². The Morgan fingerprint density at radius 2 is 2.43 bits per heavy atom. The second kappa shape index (κ2) is 1.57. The first kappa shape index (κ1) is 4.69. The highest BCUT2D eigenvalue weighted by molar-refractivity contribution is 5.13. The molecule has 0 N–H and O–H groups in total. The summed E-state index contributed by atoms with van der Waals surface area (Å²) in [7, 11) is 0. The van der Waals surface area contributed by atoms with Gasteiger partial charge < -0.3 is 4.74 Å². The Balaban J connectivity index is 2.64. The standard InChI is InChI=1S/C6H8O/c1-5-3-4-7-6(5)2/h1H,3-4H2,2H3. The van der Waals surface area contributed by atoms with E-state index in [0.717, 1.165) is 24.4 Å². The first-order valence-electron chi connectivity index (χ1n) is 2.39. The highest BCUT2D eigenvalue weighted by Gasteiger charge is 2.04. The molecule has 0 unspecified atom stereocenters. The summed E-state index contributed by atoms with van der Waals surface area (Å²) in [5, 5.41) is 0. The molecule has 1 rings (SSSR count). The van der Waals surface area contributed by atoms with Gasteiger partial charge in [-0.25, -0.2) is 0 Å². The van der Waals surface area contributed by atoms with Crippen molar-refractivity contribution in [2.24, 2.45) is 0 Å². The molecule has 0 spiro atoms. The van der Waals surface area contributed by atoms with Crippen molar-refractivity contribution < 1.29 is 4.74 Å². The van der Waals surface area contributed by atoms with Gasteiger partial charge in [0.1, 0.15) is 0 Å². The van der Waals surface area contributed by atoms with Crippen LogP contribution in [0.4, 0.5) is 0 Å². The normalized spacial score (nSPS) is 20.3. The average Bonchev–Trinajstić information content (AvgIpc) is 1.91. The maximum atomic E-state index is 5.43. The third-order valence-electron chi connectivity index (χ3n) is 1.14. The fraction of sp³-hybridized carbons (Fsp3) is 0.500. The van der Waals surface area contributed by atoms with Crippen LogP contribution >= 0.6 is 0 Å². The lowest BCUT2D eigenvalue weighted by molar-refractivity contribution is 0.246. The van der Waals surface area contributed by atoms with Crippen LogP contribution in [0.2, 0.25) is 0 Å². The Hall–Kier alpha value is -0.460. The van der Waals surface area contributed by atoms with E-state index in [4.69, 9.17) is 11.7 Å². The lowest BCUT2D eigenvalue weighted by atomic mass is 10.2. The second-order valence-electron chi connectivity index (χ2n) is 1.68. The number of rotatable bonds is 0. The highest BCUT2D eigenvalue weighted by Crippen LogP contribution is 2.15. The summed E-state index contributed by atoms with van der Waals surface area (Å²) in [4.78, 5) is 0. The summed E-state index contributed by atoms with van der Waals surface area (Å²) in [5.74, 6) is 0.903. The second-order valence-corrected chi connectivity index (χ2v) is 1.68. The Morgan fingerprint density at radius 1 is 1.71 bits per heavy atom. The van der Waals surface area contributed by atoms with Crippen LogP contribution in [0.25, 0.3) is 0 Å². The zero-order chi connectivity index (χ0) is 5.28. The van der Waals surface area contributed by atoms with Crippen LogP contribution in [0.1, 0.15) is 13.3 Å². The molecule has 1 heteroatoms. The van der Waals surface area contributed by atoms with Crippen LogP contribution in [-0.2, 0) is 4.74 Å². The first-order valence-corrected chi connectivity index (χ1v) is 2.39. The molecule has 1 heterocycles. The third-order valence-corrected chi connectivity index (χ3v) is 1.14. The number of hydrogen-bond donors (Lipinski definition) is 0. The van der Waals surface area contributed by atoms with E-state index < -0.39 is 0 Å². The van der Waals surface area contributed by atoms with E-state index in [9.17, 15) is 0 Å². The van der Waals surface area contributed by atoms with Gasteiger partial charge in [-0.05, 0) is 19.4 Å². The summed E-state index contributed by atoms with van der Waals surface area (Å²) >= 11 is 0. The van der Waals surface area contributed by atoms with Crippen molar-refractivity contribution in [1.29, 1.82) is 0 Å². The molecule has 1 nitrogen and oxygen atoms in total. The van der Waals surface area contributed by atoms with Crippen LogP contribution in [0.3, 0.4) is 0 Å². The van der Waals surface area contributed by atoms with Gasteiger partial charge in [-0.1, -0.05) is 0 Å². The minimum absolute atomic E-state index is 0.775. The minimum atomic E-state index is 0.775.